The van der Waals surface area contributed by atoms with Crippen LogP contribution < -0.4 is 5.32 Å². The van der Waals surface area contributed by atoms with Gasteiger partial charge in [-0.2, -0.15) is 5.26 Å². The third-order valence-corrected chi connectivity index (χ3v) is 2.63. The molecule has 2 N–H and O–H groups in total. The zero-order valence-electron chi connectivity index (χ0n) is 9.20. The Balaban J connectivity index is 2.76. The van der Waals surface area contributed by atoms with Crippen LogP contribution in [0.5, 0.6) is 0 Å². The van der Waals surface area contributed by atoms with E-state index in [-0.39, 0.29) is 5.57 Å². The predicted octanol–water partition coefficient (Wildman–Crippen LogP) is 2.76. The summed E-state index contributed by atoms with van der Waals surface area (Å²) >= 11 is 3.31. The number of aliphatic carboxylic acids is 1. The lowest BCUT2D eigenvalue weighted by molar-refractivity contribution is -0.132. The third-order valence-electron chi connectivity index (χ3n) is 2.14. The average molecular weight is 295 g/mol. The highest BCUT2D eigenvalue weighted by molar-refractivity contribution is 9.10. The molecule has 0 bridgehead atoms. The fraction of sp³-hybridized carbons (Fsp3) is 0.167. The Hall–Kier alpha value is -1.80. The van der Waals surface area contributed by atoms with Gasteiger partial charge < -0.3 is 10.4 Å². The molecule has 0 spiro atoms. The molecule has 0 unspecified atom stereocenters. The Morgan fingerprint density at radius 3 is 2.94 bits per heavy atom. The molecule has 1 aromatic rings. The first kappa shape index (κ1) is 13.3. The van der Waals surface area contributed by atoms with Gasteiger partial charge in [0, 0.05) is 16.6 Å². The monoisotopic (exact) mass is 294 g/mol. The summed E-state index contributed by atoms with van der Waals surface area (Å²) in [6.45, 7) is 1.89. The highest BCUT2D eigenvalue weighted by atomic mass is 79.9. The van der Waals surface area contributed by atoms with Gasteiger partial charge in [0.2, 0.25) is 0 Å². The van der Waals surface area contributed by atoms with E-state index in [0.29, 0.717) is 17.8 Å². The summed E-state index contributed by atoms with van der Waals surface area (Å²) in [4.78, 5) is 10.6. The maximum atomic E-state index is 10.6. The molecule has 0 amide bonds. The number of rotatable bonds is 4. The molecule has 0 fully saturated rings. The number of carboxylic acids is 1. The second-order valence-electron chi connectivity index (χ2n) is 3.37. The Labute approximate surface area is 108 Å². The van der Waals surface area contributed by atoms with Crippen molar-refractivity contribution in [2.45, 2.75) is 6.92 Å². The van der Waals surface area contributed by atoms with Gasteiger partial charge in [-0.1, -0.05) is 22.0 Å². The number of hydrogen-bond donors (Lipinski definition) is 2. The average Bonchev–Trinajstić information content (AvgIpc) is 2.29. The standard InChI is InChI=1S/C12H11BrN2O2/c1-8(12(16)17)4-5-15-11-6-10(13)3-2-9(11)7-14/h2-4,6,15H,5H2,1H3,(H,16,17)/b8-4-. The maximum absolute atomic E-state index is 10.6. The quantitative estimate of drug-likeness (QED) is 0.838. The van der Waals surface area contributed by atoms with E-state index in [0.717, 1.165) is 4.47 Å². The molecule has 1 rings (SSSR count). The van der Waals surface area contributed by atoms with Crippen LogP contribution in [0.1, 0.15) is 12.5 Å². The van der Waals surface area contributed by atoms with Gasteiger partial charge in [0.15, 0.2) is 0 Å². The maximum Gasteiger partial charge on any atom is 0.331 e. The number of carbonyl (C=O) groups is 1. The minimum Gasteiger partial charge on any atom is -0.478 e. The van der Waals surface area contributed by atoms with E-state index in [9.17, 15) is 4.79 Å². The molecule has 0 aliphatic heterocycles. The van der Waals surface area contributed by atoms with Crippen molar-refractivity contribution in [1.29, 1.82) is 5.26 Å². The summed E-state index contributed by atoms with van der Waals surface area (Å²) in [6.07, 6.45) is 1.56. The first-order valence-corrected chi connectivity index (χ1v) is 5.67. The van der Waals surface area contributed by atoms with Crippen LogP contribution in [0.2, 0.25) is 0 Å². The summed E-state index contributed by atoms with van der Waals surface area (Å²) in [5.41, 5.74) is 1.47. The summed E-state index contributed by atoms with van der Waals surface area (Å²) < 4.78 is 0.859. The molecule has 0 aliphatic carbocycles. The molecular formula is C12H11BrN2O2. The van der Waals surface area contributed by atoms with Crippen molar-refractivity contribution >= 4 is 27.6 Å². The summed E-state index contributed by atoms with van der Waals surface area (Å²) in [5.74, 6) is -0.943. The van der Waals surface area contributed by atoms with Crippen LogP contribution in [0.4, 0.5) is 5.69 Å². The normalized spacial score (nSPS) is 10.8. The van der Waals surface area contributed by atoms with E-state index in [1.165, 1.54) is 6.92 Å². The largest absolute Gasteiger partial charge is 0.478 e. The third kappa shape index (κ3) is 3.93. The van der Waals surface area contributed by atoms with Crippen LogP contribution in [0, 0.1) is 11.3 Å². The van der Waals surface area contributed by atoms with Gasteiger partial charge in [-0.05, 0) is 25.1 Å². The lowest BCUT2D eigenvalue weighted by Crippen LogP contribution is -2.04. The minimum absolute atomic E-state index is 0.269. The first-order valence-electron chi connectivity index (χ1n) is 4.88. The zero-order chi connectivity index (χ0) is 12.8. The Morgan fingerprint density at radius 2 is 2.35 bits per heavy atom. The fourth-order valence-corrected chi connectivity index (χ4v) is 1.52. The van der Waals surface area contributed by atoms with Gasteiger partial charge in [-0.3, -0.25) is 0 Å². The van der Waals surface area contributed by atoms with E-state index >= 15 is 0 Å². The Kier molecular flexibility index (Phi) is 4.73. The lowest BCUT2D eigenvalue weighted by atomic mass is 10.2. The molecule has 0 aliphatic rings. The predicted molar refractivity (Wildman–Crippen MR) is 68.7 cm³/mol. The van der Waals surface area contributed by atoms with Crippen LogP contribution in [-0.2, 0) is 4.79 Å². The lowest BCUT2D eigenvalue weighted by Gasteiger charge is -2.06. The number of carboxylic acid groups (broad SMARTS) is 1. The molecule has 0 radical (unpaired) electrons. The van der Waals surface area contributed by atoms with Crippen LogP contribution in [-0.4, -0.2) is 17.6 Å². The van der Waals surface area contributed by atoms with E-state index < -0.39 is 5.97 Å². The van der Waals surface area contributed by atoms with E-state index in [4.69, 9.17) is 10.4 Å². The summed E-state index contributed by atoms with van der Waals surface area (Å²) in [5, 5.41) is 20.6. The van der Waals surface area contributed by atoms with E-state index in [1.807, 2.05) is 0 Å². The van der Waals surface area contributed by atoms with Gasteiger partial charge in [-0.15, -0.1) is 0 Å². The Morgan fingerprint density at radius 1 is 1.65 bits per heavy atom. The first-order chi connectivity index (χ1) is 8.04. The van der Waals surface area contributed by atoms with Crippen LogP contribution in [0.25, 0.3) is 0 Å². The van der Waals surface area contributed by atoms with Crippen molar-refractivity contribution in [2.75, 3.05) is 11.9 Å². The molecule has 0 saturated carbocycles. The number of benzene rings is 1. The van der Waals surface area contributed by atoms with Crippen LogP contribution in [0.15, 0.2) is 34.3 Å². The summed E-state index contributed by atoms with van der Waals surface area (Å²) in [6, 6.07) is 7.32. The van der Waals surface area contributed by atoms with E-state index in [1.54, 1.807) is 24.3 Å². The minimum atomic E-state index is -0.943. The molecule has 0 saturated heterocycles. The van der Waals surface area contributed by atoms with Gasteiger partial charge >= 0.3 is 5.97 Å². The van der Waals surface area contributed by atoms with Gasteiger partial charge in [0.1, 0.15) is 6.07 Å². The molecule has 4 nitrogen and oxygen atoms in total. The van der Waals surface area contributed by atoms with Crippen molar-refractivity contribution in [3.05, 3.63) is 39.9 Å². The SMILES string of the molecule is C/C(=C/CNc1cc(Br)ccc1C#N)C(=O)O. The van der Waals surface area contributed by atoms with Crippen LogP contribution in [0.3, 0.4) is 0 Å². The van der Waals surface area contributed by atoms with Gasteiger partial charge in [-0.25, -0.2) is 4.79 Å². The second kappa shape index (κ2) is 6.06. The second-order valence-corrected chi connectivity index (χ2v) is 4.29. The fourth-order valence-electron chi connectivity index (χ4n) is 1.16. The number of nitriles is 1. The topological polar surface area (TPSA) is 73.1 Å². The molecule has 17 heavy (non-hydrogen) atoms. The molecule has 0 atom stereocenters. The smallest absolute Gasteiger partial charge is 0.331 e. The highest BCUT2D eigenvalue weighted by Gasteiger charge is 2.02. The van der Waals surface area contributed by atoms with Gasteiger partial charge in [0.25, 0.3) is 0 Å². The van der Waals surface area contributed by atoms with Crippen molar-refractivity contribution in [3.8, 4) is 6.07 Å². The zero-order valence-corrected chi connectivity index (χ0v) is 10.8. The Bertz CT molecular complexity index is 504. The van der Waals surface area contributed by atoms with Crippen molar-refractivity contribution < 1.29 is 9.90 Å². The van der Waals surface area contributed by atoms with Crippen molar-refractivity contribution in [3.63, 3.8) is 0 Å². The van der Waals surface area contributed by atoms with E-state index in [2.05, 4.69) is 27.3 Å². The van der Waals surface area contributed by atoms with Crippen molar-refractivity contribution in [1.82, 2.24) is 0 Å². The highest BCUT2D eigenvalue weighted by Crippen LogP contribution is 2.20. The van der Waals surface area contributed by atoms with Crippen molar-refractivity contribution in [2.24, 2.45) is 0 Å². The molecule has 1 aromatic carbocycles. The molecule has 5 heteroatoms. The van der Waals surface area contributed by atoms with Gasteiger partial charge in [0.05, 0.1) is 11.3 Å². The molecule has 0 heterocycles. The number of halogens is 1. The number of anilines is 1. The van der Waals surface area contributed by atoms with Crippen LogP contribution >= 0.6 is 15.9 Å². The number of hydrogen-bond acceptors (Lipinski definition) is 3. The summed E-state index contributed by atoms with van der Waals surface area (Å²) in [7, 11) is 0. The number of nitrogens with one attached hydrogen (secondary N) is 1. The molecular weight excluding hydrogens is 284 g/mol. The molecule has 0 aromatic heterocycles. The molecule has 88 valence electrons. The number of nitrogens with zero attached hydrogens (tertiary/aromatic N) is 1.